The molecule has 7 heteroatoms. The van der Waals surface area contributed by atoms with E-state index in [2.05, 4.69) is 19.2 Å². The SMILES string of the molecule is CC(C)CCNC(=O)C1CN(C(=O)C2CC2)CC1c1cccc(C(F)(F)F)c1. The molecular weight excluding hydrogens is 369 g/mol. The predicted molar refractivity (Wildman–Crippen MR) is 99.4 cm³/mol. The summed E-state index contributed by atoms with van der Waals surface area (Å²) in [5.74, 6) is -0.660. The molecule has 0 radical (unpaired) electrons. The standard InChI is InChI=1S/C21H27F3N2O2/c1-13(2)8-9-25-19(27)18-12-26(20(28)14-6-7-14)11-17(18)15-4-3-5-16(10-15)21(22,23)24/h3-5,10,13-14,17-18H,6-9,11-12H2,1-2H3,(H,25,27). The minimum Gasteiger partial charge on any atom is -0.356 e. The highest BCUT2D eigenvalue weighted by Gasteiger charge is 2.44. The van der Waals surface area contributed by atoms with E-state index in [9.17, 15) is 22.8 Å². The zero-order valence-corrected chi connectivity index (χ0v) is 16.3. The number of halogens is 3. The van der Waals surface area contributed by atoms with Crippen molar-refractivity contribution in [1.82, 2.24) is 10.2 Å². The fourth-order valence-corrected chi connectivity index (χ4v) is 3.74. The smallest absolute Gasteiger partial charge is 0.356 e. The van der Waals surface area contributed by atoms with Gasteiger partial charge in [0.05, 0.1) is 11.5 Å². The van der Waals surface area contributed by atoms with Gasteiger partial charge in [-0.15, -0.1) is 0 Å². The highest BCUT2D eigenvalue weighted by molar-refractivity contribution is 5.85. The van der Waals surface area contributed by atoms with Gasteiger partial charge in [-0.25, -0.2) is 0 Å². The van der Waals surface area contributed by atoms with E-state index in [0.717, 1.165) is 31.4 Å². The van der Waals surface area contributed by atoms with Crippen LogP contribution in [-0.2, 0) is 15.8 Å². The van der Waals surface area contributed by atoms with E-state index >= 15 is 0 Å². The van der Waals surface area contributed by atoms with Crippen molar-refractivity contribution >= 4 is 11.8 Å². The number of hydrogen-bond donors (Lipinski definition) is 1. The van der Waals surface area contributed by atoms with Gasteiger partial charge in [-0.3, -0.25) is 9.59 Å². The number of likely N-dealkylation sites (tertiary alicyclic amines) is 1. The van der Waals surface area contributed by atoms with Crippen molar-refractivity contribution in [2.75, 3.05) is 19.6 Å². The molecule has 1 aromatic carbocycles. The number of carbonyl (C=O) groups excluding carboxylic acids is 2. The molecule has 0 bridgehead atoms. The van der Waals surface area contributed by atoms with Crippen LogP contribution in [0.3, 0.4) is 0 Å². The average molecular weight is 396 g/mol. The minimum atomic E-state index is -4.44. The summed E-state index contributed by atoms with van der Waals surface area (Å²) in [4.78, 5) is 26.9. The maximum Gasteiger partial charge on any atom is 0.416 e. The van der Waals surface area contributed by atoms with E-state index in [-0.39, 0.29) is 24.3 Å². The lowest BCUT2D eigenvalue weighted by molar-refractivity contribution is -0.137. The van der Waals surface area contributed by atoms with Gasteiger partial charge >= 0.3 is 6.18 Å². The number of nitrogens with one attached hydrogen (secondary N) is 1. The average Bonchev–Trinajstić information content (AvgIpc) is 3.38. The molecule has 1 saturated carbocycles. The number of rotatable bonds is 6. The predicted octanol–water partition coefficient (Wildman–Crippen LogP) is 3.82. The van der Waals surface area contributed by atoms with Gasteiger partial charge in [-0.1, -0.05) is 32.0 Å². The Morgan fingerprint density at radius 3 is 2.54 bits per heavy atom. The first-order valence-corrected chi connectivity index (χ1v) is 9.90. The minimum absolute atomic E-state index is 0.0184. The largest absolute Gasteiger partial charge is 0.416 e. The molecule has 3 rings (SSSR count). The van der Waals surface area contributed by atoms with Crippen LogP contribution in [0.4, 0.5) is 13.2 Å². The monoisotopic (exact) mass is 396 g/mol. The summed E-state index contributed by atoms with van der Waals surface area (Å²) in [5.41, 5.74) is -0.263. The van der Waals surface area contributed by atoms with Crippen molar-refractivity contribution in [2.24, 2.45) is 17.8 Å². The molecule has 1 aliphatic carbocycles. The molecule has 1 saturated heterocycles. The van der Waals surface area contributed by atoms with E-state index < -0.39 is 23.6 Å². The molecule has 1 heterocycles. The Morgan fingerprint density at radius 2 is 1.93 bits per heavy atom. The summed E-state index contributed by atoms with van der Waals surface area (Å²) in [7, 11) is 0. The molecule has 1 N–H and O–H groups in total. The van der Waals surface area contributed by atoms with E-state index in [1.807, 2.05) is 0 Å². The van der Waals surface area contributed by atoms with Crippen LogP contribution < -0.4 is 5.32 Å². The Balaban J connectivity index is 1.80. The van der Waals surface area contributed by atoms with E-state index in [4.69, 9.17) is 0 Å². The second-order valence-electron chi connectivity index (χ2n) is 8.33. The Morgan fingerprint density at radius 1 is 1.21 bits per heavy atom. The van der Waals surface area contributed by atoms with Crippen LogP contribution in [0.15, 0.2) is 24.3 Å². The van der Waals surface area contributed by atoms with Gasteiger partial charge in [0.25, 0.3) is 0 Å². The van der Waals surface area contributed by atoms with Crippen LogP contribution in [0.1, 0.15) is 50.2 Å². The Bertz CT molecular complexity index is 729. The van der Waals surface area contributed by atoms with Crippen LogP contribution in [0.25, 0.3) is 0 Å². The van der Waals surface area contributed by atoms with Crippen molar-refractivity contribution < 1.29 is 22.8 Å². The number of benzene rings is 1. The molecule has 2 aliphatic rings. The number of carbonyl (C=O) groups is 2. The van der Waals surface area contributed by atoms with Crippen LogP contribution in [0.5, 0.6) is 0 Å². The summed E-state index contributed by atoms with van der Waals surface area (Å²) < 4.78 is 39.4. The van der Waals surface area contributed by atoms with E-state index in [1.165, 1.54) is 6.07 Å². The molecule has 2 fully saturated rings. The second-order valence-corrected chi connectivity index (χ2v) is 8.33. The first-order valence-electron chi connectivity index (χ1n) is 9.90. The first-order chi connectivity index (χ1) is 13.2. The van der Waals surface area contributed by atoms with Crippen molar-refractivity contribution in [3.8, 4) is 0 Å². The molecule has 2 amide bonds. The second kappa shape index (κ2) is 8.13. The summed E-state index contributed by atoms with van der Waals surface area (Å²) >= 11 is 0. The van der Waals surface area contributed by atoms with Crippen molar-refractivity contribution in [3.05, 3.63) is 35.4 Å². The van der Waals surface area contributed by atoms with Gasteiger partial charge in [-0.2, -0.15) is 13.2 Å². The van der Waals surface area contributed by atoms with Crippen LogP contribution >= 0.6 is 0 Å². The molecule has 1 aromatic rings. The summed E-state index contributed by atoms with van der Waals surface area (Å²) in [6.45, 7) is 5.20. The third-order valence-electron chi connectivity index (χ3n) is 5.56. The van der Waals surface area contributed by atoms with Crippen molar-refractivity contribution in [2.45, 2.75) is 45.2 Å². The Hall–Kier alpha value is -2.05. The molecule has 0 aromatic heterocycles. The number of hydrogen-bond acceptors (Lipinski definition) is 2. The van der Waals surface area contributed by atoms with Gasteiger partial charge in [0.2, 0.25) is 11.8 Å². The highest BCUT2D eigenvalue weighted by atomic mass is 19.4. The van der Waals surface area contributed by atoms with E-state index in [0.29, 0.717) is 24.6 Å². The van der Waals surface area contributed by atoms with Crippen molar-refractivity contribution in [3.63, 3.8) is 0 Å². The number of alkyl halides is 3. The number of amides is 2. The fourth-order valence-electron chi connectivity index (χ4n) is 3.74. The highest BCUT2D eigenvalue weighted by Crippen LogP contribution is 2.39. The normalized spacial score (nSPS) is 22.6. The van der Waals surface area contributed by atoms with Gasteiger partial charge in [-0.05, 0) is 36.8 Å². The third kappa shape index (κ3) is 4.86. The lowest BCUT2D eigenvalue weighted by Gasteiger charge is -2.19. The van der Waals surface area contributed by atoms with Gasteiger partial charge < -0.3 is 10.2 Å². The summed E-state index contributed by atoms with van der Waals surface area (Å²) in [6.07, 6.45) is -1.89. The van der Waals surface area contributed by atoms with Crippen molar-refractivity contribution in [1.29, 1.82) is 0 Å². The lowest BCUT2D eigenvalue weighted by Crippen LogP contribution is -2.36. The third-order valence-corrected chi connectivity index (χ3v) is 5.56. The summed E-state index contributed by atoms with van der Waals surface area (Å²) in [5, 5.41) is 2.91. The summed E-state index contributed by atoms with van der Waals surface area (Å²) in [6, 6.07) is 5.14. The molecule has 1 aliphatic heterocycles. The topological polar surface area (TPSA) is 49.4 Å². The zero-order chi connectivity index (χ0) is 20.5. The Kier molecular flexibility index (Phi) is 6.01. The quantitative estimate of drug-likeness (QED) is 0.795. The van der Waals surface area contributed by atoms with Crippen LogP contribution in [0.2, 0.25) is 0 Å². The maximum absolute atomic E-state index is 13.1. The first kappa shape index (κ1) is 20.7. The molecule has 4 nitrogen and oxygen atoms in total. The lowest BCUT2D eigenvalue weighted by atomic mass is 9.87. The Labute approximate surface area is 163 Å². The molecule has 2 unspecified atom stereocenters. The fraction of sp³-hybridized carbons (Fsp3) is 0.619. The van der Waals surface area contributed by atoms with E-state index in [1.54, 1.807) is 11.0 Å². The van der Waals surface area contributed by atoms with Crippen LogP contribution in [0, 0.1) is 17.8 Å². The van der Waals surface area contributed by atoms with Crippen LogP contribution in [-0.4, -0.2) is 36.3 Å². The molecular formula is C21H27F3N2O2. The number of nitrogens with zero attached hydrogens (tertiary/aromatic N) is 1. The van der Waals surface area contributed by atoms with Gasteiger partial charge in [0.15, 0.2) is 0 Å². The molecule has 154 valence electrons. The molecule has 0 spiro atoms. The maximum atomic E-state index is 13.1. The van der Waals surface area contributed by atoms with Gasteiger partial charge in [0.1, 0.15) is 0 Å². The molecule has 28 heavy (non-hydrogen) atoms. The zero-order valence-electron chi connectivity index (χ0n) is 16.3. The van der Waals surface area contributed by atoms with Gasteiger partial charge in [0, 0.05) is 31.5 Å². The molecule has 2 atom stereocenters.